The third kappa shape index (κ3) is 4.25. The average Bonchev–Trinajstić information content (AvgIpc) is 2.68. The van der Waals surface area contributed by atoms with Gasteiger partial charge in [0.25, 0.3) is 5.91 Å². The van der Waals surface area contributed by atoms with Crippen LogP contribution in [0.3, 0.4) is 0 Å². The summed E-state index contributed by atoms with van der Waals surface area (Å²) in [7, 11) is 0. The van der Waals surface area contributed by atoms with Gasteiger partial charge in [-0.15, -0.1) is 0 Å². The summed E-state index contributed by atoms with van der Waals surface area (Å²) in [6.07, 6.45) is 0. The van der Waals surface area contributed by atoms with Gasteiger partial charge < -0.3 is 10.1 Å². The number of rotatable bonds is 6. The second-order valence-electron chi connectivity index (χ2n) is 5.67. The lowest BCUT2D eigenvalue weighted by Gasteiger charge is -2.12. The van der Waals surface area contributed by atoms with E-state index in [4.69, 9.17) is 4.74 Å². The highest BCUT2D eigenvalue weighted by molar-refractivity contribution is 5.94. The van der Waals surface area contributed by atoms with Crippen molar-refractivity contribution in [3.05, 3.63) is 101 Å². The van der Waals surface area contributed by atoms with E-state index in [-0.39, 0.29) is 12.1 Å². The Kier molecular flexibility index (Phi) is 5.59. The standard InChI is InChI=1S/C21H17F2NO2/c22-18-11-6-10-17(20(18)23)21(25)24-13-16-9-4-5-12-19(16)26-14-15-7-2-1-3-8-15/h1-12H,13-14H2,(H,24,25). The van der Waals surface area contributed by atoms with Gasteiger partial charge in [-0.3, -0.25) is 4.79 Å². The molecule has 1 N–H and O–H groups in total. The predicted molar refractivity (Wildman–Crippen MR) is 94.7 cm³/mol. The lowest BCUT2D eigenvalue weighted by molar-refractivity contribution is 0.0945. The van der Waals surface area contributed by atoms with Crippen LogP contribution in [0.15, 0.2) is 72.8 Å². The van der Waals surface area contributed by atoms with E-state index in [2.05, 4.69) is 5.32 Å². The van der Waals surface area contributed by atoms with Crippen LogP contribution in [0, 0.1) is 11.6 Å². The lowest BCUT2D eigenvalue weighted by atomic mass is 10.1. The minimum Gasteiger partial charge on any atom is -0.489 e. The van der Waals surface area contributed by atoms with Crippen LogP contribution in [-0.2, 0) is 13.2 Å². The predicted octanol–water partition coefficient (Wildman–Crippen LogP) is 4.47. The molecule has 5 heteroatoms. The van der Waals surface area contributed by atoms with Gasteiger partial charge in [-0.25, -0.2) is 8.78 Å². The normalized spacial score (nSPS) is 10.4. The molecule has 0 atom stereocenters. The Morgan fingerprint density at radius 1 is 0.885 bits per heavy atom. The Bertz CT molecular complexity index is 898. The number of benzene rings is 3. The van der Waals surface area contributed by atoms with Gasteiger partial charge in [-0.1, -0.05) is 54.6 Å². The third-order valence-corrected chi connectivity index (χ3v) is 3.85. The van der Waals surface area contributed by atoms with Crippen LogP contribution < -0.4 is 10.1 Å². The van der Waals surface area contributed by atoms with Gasteiger partial charge in [-0.05, 0) is 23.8 Å². The van der Waals surface area contributed by atoms with Crippen molar-refractivity contribution >= 4 is 5.91 Å². The van der Waals surface area contributed by atoms with Gasteiger partial charge in [0.15, 0.2) is 11.6 Å². The number of carbonyl (C=O) groups is 1. The van der Waals surface area contributed by atoms with E-state index in [0.29, 0.717) is 12.4 Å². The summed E-state index contributed by atoms with van der Waals surface area (Å²) in [5.74, 6) is -2.26. The van der Waals surface area contributed by atoms with E-state index in [1.807, 2.05) is 48.5 Å². The number of hydrogen-bond acceptors (Lipinski definition) is 2. The van der Waals surface area contributed by atoms with Crippen molar-refractivity contribution in [3.8, 4) is 5.75 Å². The number of amides is 1. The zero-order chi connectivity index (χ0) is 18.4. The van der Waals surface area contributed by atoms with Crippen LogP contribution in [0.4, 0.5) is 8.78 Å². The molecule has 0 radical (unpaired) electrons. The summed E-state index contributed by atoms with van der Waals surface area (Å²) in [4.78, 5) is 12.1. The molecule has 3 aromatic carbocycles. The highest BCUT2D eigenvalue weighted by Gasteiger charge is 2.15. The minimum absolute atomic E-state index is 0.139. The number of nitrogens with one attached hydrogen (secondary N) is 1. The van der Waals surface area contributed by atoms with Gasteiger partial charge >= 0.3 is 0 Å². The maximum Gasteiger partial charge on any atom is 0.254 e. The topological polar surface area (TPSA) is 38.3 Å². The Morgan fingerprint density at radius 2 is 1.62 bits per heavy atom. The van der Waals surface area contributed by atoms with Crippen LogP contribution in [-0.4, -0.2) is 5.91 Å². The lowest BCUT2D eigenvalue weighted by Crippen LogP contribution is -2.24. The average molecular weight is 353 g/mol. The molecule has 1 amide bonds. The molecule has 0 spiro atoms. The molecule has 0 heterocycles. The quantitative estimate of drug-likeness (QED) is 0.710. The van der Waals surface area contributed by atoms with E-state index in [0.717, 1.165) is 17.2 Å². The van der Waals surface area contributed by atoms with Crippen LogP contribution >= 0.6 is 0 Å². The van der Waals surface area contributed by atoms with Crippen molar-refractivity contribution in [2.75, 3.05) is 0 Å². The first-order chi connectivity index (χ1) is 12.6. The molecule has 132 valence electrons. The van der Waals surface area contributed by atoms with E-state index >= 15 is 0 Å². The molecule has 0 saturated heterocycles. The molecule has 0 fully saturated rings. The number of carbonyl (C=O) groups excluding carboxylic acids is 1. The van der Waals surface area contributed by atoms with E-state index < -0.39 is 17.5 Å². The minimum atomic E-state index is -1.15. The van der Waals surface area contributed by atoms with Gasteiger partial charge in [0.05, 0.1) is 5.56 Å². The summed E-state index contributed by atoms with van der Waals surface area (Å²) < 4.78 is 32.8. The Morgan fingerprint density at radius 3 is 2.42 bits per heavy atom. The Hall–Kier alpha value is -3.21. The zero-order valence-corrected chi connectivity index (χ0v) is 13.9. The van der Waals surface area contributed by atoms with Crippen molar-refractivity contribution in [1.29, 1.82) is 0 Å². The first-order valence-electron chi connectivity index (χ1n) is 8.12. The molecule has 0 bridgehead atoms. The smallest absolute Gasteiger partial charge is 0.254 e. The number of hydrogen-bond donors (Lipinski definition) is 1. The number of halogens is 2. The fourth-order valence-electron chi connectivity index (χ4n) is 2.48. The second-order valence-corrected chi connectivity index (χ2v) is 5.67. The van der Waals surface area contributed by atoms with Crippen molar-refractivity contribution in [2.45, 2.75) is 13.2 Å². The molecular formula is C21H17F2NO2. The number of ether oxygens (including phenoxy) is 1. The monoisotopic (exact) mass is 353 g/mol. The highest BCUT2D eigenvalue weighted by atomic mass is 19.2. The van der Waals surface area contributed by atoms with E-state index in [1.165, 1.54) is 12.1 Å². The number of para-hydroxylation sites is 1. The molecule has 0 aromatic heterocycles. The van der Waals surface area contributed by atoms with Crippen LogP contribution in [0.5, 0.6) is 5.75 Å². The maximum absolute atomic E-state index is 13.7. The molecule has 0 aliphatic rings. The summed E-state index contributed by atoms with van der Waals surface area (Å²) in [6.45, 7) is 0.532. The van der Waals surface area contributed by atoms with Gasteiger partial charge in [0.2, 0.25) is 0 Å². The zero-order valence-electron chi connectivity index (χ0n) is 13.9. The van der Waals surface area contributed by atoms with E-state index in [1.54, 1.807) is 6.07 Å². The van der Waals surface area contributed by atoms with Crippen LogP contribution in [0.2, 0.25) is 0 Å². The second kappa shape index (κ2) is 8.25. The van der Waals surface area contributed by atoms with Crippen molar-refractivity contribution in [1.82, 2.24) is 5.32 Å². The van der Waals surface area contributed by atoms with Gasteiger partial charge in [0, 0.05) is 12.1 Å². The fraction of sp³-hybridized carbons (Fsp3) is 0.0952. The van der Waals surface area contributed by atoms with Crippen molar-refractivity contribution in [3.63, 3.8) is 0 Å². The van der Waals surface area contributed by atoms with Gasteiger partial charge in [-0.2, -0.15) is 0 Å². The van der Waals surface area contributed by atoms with Crippen molar-refractivity contribution < 1.29 is 18.3 Å². The SMILES string of the molecule is O=C(NCc1ccccc1OCc1ccccc1)c1cccc(F)c1F. The highest BCUT2D eigenvalue weighted by Crippen LogP contribution is 2.20. The fourth-order valence-corrected chi connectivity index (χ4v) is 2.48. The maximum atomic E-state index is 13.7. The molecule has 0 aliphatic heterocycles. The first kappa shape index (κ1) is 17.6. The summed E-state index contributed by atoms with van der Waals surface area (Å²) in [5, 5.41) is 2.60. The Labute approximate surface area is 150 Å². The molecule has 0 saturated carbocycles. The summed E-state index contributed by atoms with van der Waals surface area (Å²) >= 11 is 0. The van der Waals surface area contributed by atoms with Crippen LogP contribution in [0.25, 0.3) is 0 Å². The molecule has 0 unspecified atom stereocenters. The largest absolute Gasteiger partial charge is 0.489 e. The summed E-state index contributed by atoms with van der Waals surface area (Å²) in [5.41, 5.74) is 1.44. The molecule has 0 aliphatic carbocycles. The van der Waals surface area contributed by atoms with Crippen LogP contribution in [0.1, 0.15) is 21.5 Å². The molecule has 3 aromatic rings. The molecular weight excluding hydrogens is 336 g/mol. The first-order valence-corrected chi connectivity index (χ1v) is 8.12. The summed E-state index contributed by atoms with van der Waals surface area (Å²) in [6, 6.07) is 20.5. The van der Waals surface area contributed by atoms with Crippen molar-refractivity contribution in [2.24, 2.45) is 0 Å². The molecule has 26 heavy (non-hydrogen) atoms. The van der Waals surface area contributed by atoms with E-state index in [9.17, 15) is 13.6 Å². The van der Waals surface area contributed by atoms with Gasteiger partial charge in [0.1, 0.15) is 12.4 Å². The Balaban J connectivity index is 1.66. The third-order valence-electron chi connectivity index (χ3n) is 3.85. The molecule has 3 rings (SSSR count). The molecule has 3 nitrogen and oxygen atoms in total.